The average Bonchev–Trinajstić information content (AvgIpc) is 3.10. The lowest BCUT2D eigenvalue weighted by molar-refractivity contribution is 0.397. The van der Waals surface area contributed by atoms with E-state index < -0.39 is 17.4 Å². The summed E-state index contributed by atoms with van der Waals surface area (Å²) >= 11 is 0. The van der Waals surface area contributed by atoms with Gasteiger partial charge in [-0.15, -0.1) is 5.53 Å². The van der Waals surface area contributed by atoms with Crippen molar-refractivity contribution in [2.75, 3.05) is 28.4 Å². The zero-order chi connectivity index (χ0) is 22.1. The van der Waals surface area contributed by atoms with E-state index in [-0.39, 0.29) is 11.4 Å². The van der Waals surface area contributed by atoms with Crippen LogP contribution in [0.2, 0.25) is 0 Å². The number of benzene rings is 3. The van der Waals surface area contributed by atoms with Crippen molar-refractivity contribution in [1.82, 2.24) is 5.53 Å². The van der Waals surface area contributed by atoms with Crippen LogP contribution in [0, 0.1) is 17.6 Å². The minimum absolute atomic E-state index is 0.0650. The predicted octanol–water partition coefficient (Wildman–Crippen LogP) is 5.50. The Balaban J connectivity index is 1.28. The van der Waals surface area contributed by atoms with Crippen LogP contribution in [-0.4, -0.2) is 18.2 Å². The second-order valence-electron chi connectivity index (χ2n) is 8.48. The lowest BCUT2D eigenvalue weighted by atomic mass is 9.93. The number of hydrazine groups is 2. The fraction of sp³-hybridized carbons (Fsp3) is 0.280. The summed E-state index contributed by atoms with van der Waals surface area (Å²) in [6.45, 7) is 2.02. The molecule has 7 heteroatoms. The average molecular weight is 437 g/mol. The summed E-state index contributed by atoms with van der Waals surface area (Å²) in [5.74, 6) is -2.29. The van der Waals surface area contributed by atoms with Gasteiger partial charge in [0, 0.05) is 24.8 Å². The molecule has 166 valence electrons. The molecule has 0 spiro atoms. The quantitative estimate of drug-likeness (QED) is 0.472. The van der Waals surface area contributed by atoms with Gasteiger partial charge < -0.3 is 15.4 Å². The van der Waals surface area contributed by atoms with Crippen LogP contribution in [0.15, 0.2) is 60.7 Å². The van der Waals surface area contributed by atoms with Crippen LogP contribution >= 0.6 is 0 Å². The van der Waals surface area contributed by atoms with Crippen LogP contribution in [0.4, 0.5) is 31.5 Å². The second kappa shape index (κ2) is 8.67. The molecule has 1 unspecified atom stereocenters. The first-order chi connectivity index (χ1) is 15.6. The number of hydrogen-bond acceptors (Lipinski definition) is 5. The van der Waals surface area contributed by atoms with Gasteiger partial charge in [0.2, 0.25) is 0 Å². The standard InChI is InChI=1S/C25H26F2N4O/c26-21-16-22-24(23(27)25(21)32)31(29-28-22)20-10-8-19(9-11-20)30-13-4-7-18(12-14-30)15-17-5-2-1-3-6-17/h1-3,5-6,8-11,16,18,28-29,32H,4,7,12-15H2. The van der Waals surface area contributed by atoms with Gasteiger partial charge in [-0.05, 0) is 61.4 Å². The Labute approximate surface area is 186 Å². The van der Waals surface area contributed by atoms with Gasteiger partial charge in [0.15, 0.2) is 17.4 Å². The number of fused-ring (bicyclic) bond motifs is 1. The van der Waals surface area contributed by atoms with E-state index in [4.69, 9.17) is 0 Å². The van der Waals surface area contributed by atoms with Crippen molar-refractivity contribution in [1.29, 1.82) is 0 Å². The van der Waals surface area contributed by atoms with Gasteiger partial charge in [-0.1, -0.05) is 30.3 Å². The zero-order valence-electron chi connectivity index (χ0n) is 17.7. The third-order valence-corrected chi connectivity index (χ3v) is 6.38. The molecular weight excluding hydrogens is 410 g/mol. The molecule has 3 aromatic carbocycles. The molecule has 0 aliphatic carbocycles. The van der Waals surface area contributed by atoms with Crippen molar-refractivity contribution < 1.29 is 13.9 Å². The predicted molar refractivity (Wildman–Crippen MR) is 123 cm³/mol. The molecule has 0 amide bonds. The van der Waals surface area contributed by atoms with Crippen LogP contribution in [0.3, 0.4) is 0 Å². The SMILES string of the molecule is Oc1c(F)cc2c(c1F)N(c1ccc(N3CCCC(Cc4ccccc4)CC3)cc1)NN2. The van der Waals surface area contributed by atoms with Gasteiger partial charge in [-0.25, -0.2) is 8.78 Å². The van der Waals surface area contributed by atoms with Crippen molar-refractivity contribution in [3.63, 3.8) is 0 Å². The molecule has 3 aromatic rings. The first-order valence-corrected chi connectivity index (χ1v) is 11.0. The molecule has 3 N–H and O–H groups in total. The Hall–Kier alpha value is -3.32. The summed E-state index contributed by atoms with van der Waals surface area (Å²) in [5, 5.41) is 11.1. The Morgan fingerprint density at radius 2 is 1.69 bits per heavy atom. The van der Waals surface area contributed by atoms with Crippen LogP contribution < -0.4 is 20.9 Å². The van der Waals surface area contributed by atoms with Gasteiger partial charge in [0.05, 0.1) is 11.4 Å². The topological polar surface area (TPSA) is 50.8 Å². The monoisotopic (exact) mass is 436 g/mol. The highest BCUT2D eigenvalue weighted by atomic mass is 19.1. The van der Waals surface area contributed by atoms with Crippen molar-refractivity contribution in [3.05, 3.63) is 77.9 Å². The van der Waals surface area contributed by atoms with E-state index in [1.807, 2.05) is 24.3 Å². The highest BCUT2D eigenvalue weighted by molar-refractivity contribution is 5.81. The molecule has 0 saturated carbocycles. The highest BCUT2D eigenvalue weighted by Gasteiger charge is 2.29. The van der Waals surface area contributed by atoms with Crippen LogP contribution in [-0.2, 0) is 6.42 Å². The molecule has 1 atom stereocenters. The molecule has 0 bridgehead atoms. The Morgan fingerprint density at radius 3 is 2.47 bits per heavy atom. The number of nitrogens with zero attached hydrogens (tertiary/aromatic N) is 2. The molecule has 0 aromatic heterocycles. The van der Waals surface area contributed by atoms with Crippen LogP contribution in [0.25, 0.3) is 0 Å². The zero-order valence-corrected chi connectivity index (χ0v) is 17.7. The van der Waals surface area contributed by atoms with Gasteiger partial charge >= 0.3 is 0 Å². The fourth-order valence-corrected chi connectivity index (χ4v) is 4.67. The summed E-state index contributed by atoms with van der Waals surface area (Å²) in [5.41, 5.74) is 9.08. The number of halogens is 2. The molecular formula is C25H26F2N4O. The third-order valence-electron chi connectivity index (χ3n) is 6.38. The molecule has 2 heterocycles. The molecule has 2 aliphatic heterocycles. The lowest BCUT2D eigenvalue weighted by Crippen LogP contribution is -2.32. The molecule has 5 nitrogen and oxygen atoms in total. The Bertz CT molecular complexity index is 1090. The maximum absolute atomic E-state index is 14.5. The normalized spacial score (nSPS) is 18.2. The molecule has 1 fully saturated rings. The van der Waals surface area contributed by atoms with Gasteiger partial charge in [-0.3, -0.25) is 5.01 Å². The first kappa shape index (κ1) is 20.6. The molecule has 1 saturated heterocycles. The Kier molecular flexibility index (Phi) is 5.57. The van der Waals surface area contributed by atoms with E-state index in [0.717, 1.165) is 44.1 Å². The van der Waals surface area contributed by atoms with Gasteiger partial charge in [-0.2, -0.15) is 0 Å². The van der Waals surface area contributed by atoms with Gasteiger partial charge in [0.25, 0.3) is 0 Å². The maximum atomic E-state index is 14.5. The molecule has 0 radical (unpaired) electrons. The van der Waals surface area contributed by atoms with Crippen molar-refractivity contribution in [2.24, 2.45) is 5.92 Å². The summed E-state index contributed by atoms with van der Waals surface area (Å²) < 4.78 is 28.1. The largest absolute Gasteiger partial charge is 0.503 e. The molecule has 5 rings (SSSR count). The number of anilines is 4. The summed E-state index contributed by atoms with van der Waals surface area (Å²) in [6.07, 6.45) is 4.65. The van der Waals surface area contributed by atoms with Gasteiger partial charge in [0.1, 0.15) is 5.69 Å². The highest BCUT2D eigenvalue weighted by Crippen LogP contribution is 2.42. The van der Waals surface area contributed by atoms with Crippen LogP contribution in [0.5, 0.6) is 5.75 Å². The van der Waals surface area contributed by atoms with E-state index >= 15 is 0 Å². The fourth-order valence-electron chi connectivity index (χ4n) is 4.67. The van der Waals surface area contributed by atoms with Crippen molar-refractivity contribution >= 4 is 22.7 Å². The number of phenolic OH excluding ortho intramolecular Hbond substituents is 1. The minimum atomic E-state index is -1.00. The van der Waals surface area contributed by atoms with E-state index in [9.17, 15) is 13.9 Å². The molecule has 32 heavy (non-hydrogen) atoms. The second-order valence-corrected chi connectivity index (χ2v) is 8.48. The van der Waals surface area contributed by atoms with E-state index in [2.05, 4.69) is 46.2 Å². The third kappa shape index (κ3) is 3.96. The number of aromatic hydroxyl groups is 1. The summed E-state index contributed by atoms with van der Waals surface area (Å²) in [6, 6.07) is 19.6. The summed E-state index contributed by atoms with van der Waals surface area (Å²) in [4.78, 5) is 2.40. The lowest BCUT2D eigenvalue weighted by Gasteiger charge is -2.24. The maximum Gasteiger partial charge on any atom is 0.195 e. The Morgan fingerprint density at radius 1 is 0.938 bits per heavy atom. The van der Waals surface area contributed by atoms with E-state index in [1.165, 1.54) is 17.0 Å². The van der Waals surface area contributed by atoms with Crippen LogP contribution in [0.1, 0.15) is 24.8 Å². The number of rotatable bonds is 4. The smallest absolute Gasteiger partial charge is 0.195 e. The van der Waals surface area contributed by atoms with Crippen molar-refractivity contribution in [2.45, 2.75) is 25.7 Å². The number of nitrogens with one attached hydrogen (secondary N) is 2. The van der Waals surface area contributed by atoms with E-state index in [0.29, 0.717) is 11.6 Å². The number of hydrogen-bond donors (Lipinski definition) is 3. The van der Waals surface area contributed by atoms with E-state index in [1.54, 1.807) is 0 Å². The number of phenols is 1. The summed E-state index contributed by atoms with van der Waals surface area (Å²) in [7, 11) is 0. The van der Waals surface area contributed by atoms with Crippen molar-refractivity contribution in [3.8, 4) is 5.75 Å². The molecule has 2 aliphatic rings. The first-order valence-electron chi connectivity index (χ1n) is 11.0. The minimum Gasteiger partial charge on any atom is -0.503 e.